The molecule has 0 aliphatic carbocycles. The highest BCUT2D eigenvalue weighted by molar-refractivity contribution is 6.07. The maximum atomic E-state index is 12.0. The standard InChI is InChI=1S/C13H15NO/c1-5-9-6-7-11-10(8-9)13(2,3)12(15)14(11)4/h5-8H,1H2,2-4H3. The molecular formula is C13H15NO. The van der Waals surface area contributed by atoms with Gasteiger partial charge in [-0.1, -0.05) is 18.7 Å². The van der Waals surface area contributed by atoms with E-state index in [1.54, 1.807) is 11.0 Å². The van der Waals surface area contributed by atoms with Gasteiger partial charge in [0.25, 0.3) is 0 Å². The Morgan fingerprint density at radius 3 is 2.67 bits per heavy atom. The van der Waals surface area contributed by atoms with Crippen molar-refractivity contribution in [3.05, 3.63) is 35.9 Å². The first-order chi connectivity index (χ1) is 6.98. The number of hydrogen-bond acceptors (Lipinski definition) is 1. The Kier molecular flexibility index (Phi) is 1.97. The fraction of sp³-hybridized carbons (Fsp3) is 0.308. The Hall–Kier alpha value is -1.57. The first-order valence-corrected chi connectivity index (χ1v) is 5.03. The fourth-order valence-electron chi connectivity index (χ4n) is 2.12. The van der Waals surface area contributed by atoms with Crippen LogP contribution in [0.5, 0.6) is 0 Å². The van der Waals surface area contributed by atoms with E-state index in [0.29, 0.717) is 0 Å². The van der Waals surface area contributed by atoms with Gasteiger partial charge >= 0.3 is 0 Å². The molecule has 1 amide bonds. The van der Waals surface area contributed by atoms with Crippen molar-refractivity contribution in [3.63, 3.8) is 0 Å². The summed E-state index contributed by atoms with van der Waals surface area (Å²) in [6.07, 6.45) is 1.80. The molecule has 78 valence electrons. The Morgan fingerprint density at radius 2 is 2.07 bits per heavy atom. The predicted octanol–water partition coefficient (Wildman–Crippen LogP) is 2.58. The quantitative estimate of drug-likeness (QED) is 0.684. The summed E-state index contributed by atoms with van der Waals surface area (Å²) in [5, 5.41) is 0. The van der Waals surface area contributed by atoms with Gasteiger partial charge in [-0.25, -0.2) is 0 Å². The van der Waals surface area contributed by atoms with Crippen molar-refractivity contribution >= 4 is 17.7 Å². The molecule has 1 aromatic rings. The van der Waals surface area contributed by atoms with Crippen molar-refractivity contribution in [1.29, 1.82) is 0 Å². The summed E-state index contributed by atoms with van der Waals surface area (Å²) in [6, 6.07) is 6.01. The summed E-state index contributed by atoms with van der Waals surface area (Å²) in [6.45, 7) is 7.67. The normalized spacial score (nSPS) is 17.8. The number of rotatable bonds is 1. The molecule has 1 heterocycles. The van der Waals surface area contributed by atoms with Crippen LogP contribution in [-0.4, -0.2) is 13.0 Å². The largest absolute Gasteiger partial charge is 0.314 e. The number of fused-ring (bicyclic) bond motifs is 1. The molecule has 15 heavy (non-hydrogen) atoms. The van der Waals surface area contributed by atoms with Gasteiger partial charge in [-0.2, -0.15) is 0 Å². The minimum absolute atomic E-state index is 0.152. The lowest BCUT2D eigenvalue weighted by Crippen LogP contribution is -2.33. The highest BCUT2D eigenvalue weighted by atomic mass is 16.2. The molecule has 1 aliphatic rings. The van der Waals surface area contributed by atoms with Gasteiger partial charge < -0.3 is 4.90 Å². The monoisotopic (exact) mass is 201 g/mol. The van der Waals surface area contributed by atoms with Gasteiger partial charge in [0.05, 0.1) is 5.41 Å². The van der Waals surface area contributed by atoms with Gasteiger partial charge in [0, 0.05) is 12.7 Å². The van der Waals surface area contributed by atoms with Crippen molar-refractivity contribution in [3.8, 4) is 0 Å². The van der Waals surface area contributed by atoms with Gasteiger partial charge in [0.1, 0.15) is 0 Å². The molecule has 1 aliphatic heterocycles. The van der Waals surface area contributed by atoms with Crippen LogP contribution in [0.25, 0.3) is 6.08 Å². The molecule has 0 aromatic heterocycles. The predicted molar refractivity (Wildman–Crippen MR) is 63.0 cm³/mol. The number of nitrogens with zero attached hydrogens (tertiary/aromatic N) is 1. The molecule has 2 nitrogen and oxygen atoms in total. The summed E-state index contributed by atoms with van der Waals surface area (Å²) in [7, 11) is 1.82. The van der Waals surface area contributed by atoms with E-state index in [-0.39, 0.29) is 5.91 Å². The number of hydrogen-bond donors (Lipinski definition) is 0. The van der Waals surface area contributed by atoms with Crippen molar-refractivity contribution in [2.24, 2.45) is 0 Å². The number of benzene rings is 1. The minimum atomic E-state index is -0.414. The van der Waals surface area contributed by atoms with Crippen LogP contribution >= 0.6 is 0 Å². The highest BCUT2D eigenvalue weighted by Gasteiger charge is 2.41. The Labute approximate surface area is 90.2 Å². The SMILES string of the molecule is C=Cc1ccc2c(c1)C(C)(C)C(=O)N2C. The molecule has 0 radical (unpaired) electrons. The van der Waals surface area contributed by atoms with Gasteiger partial charge in [-0.05, 0) is 37.1 Å². The molecule has 0 spiro atoms. The molecule has 1 aromatic carbocycles. The second-order valence-electron chi connectivity index (χ2n) is 4.47. The summed E-state index contributed by atoms with van der Waals surface area (Å²) in [5.74, 6) is 0.152. The van der Waals surface area contributed by atoms with E-state index < -0.39 is 5.41 Å². The first-order valence-electron chi connectivity index (χ1n) is 5.03. The fourth-order valence-corrected chi connectivity index (χ4v) is 2.12. The van der Waals surface area contributed by atoms with Gasteiger partial charge in [-0.15, -0.1) is 0 Å². The van der Waals surface area contributed by atoms with Gasteiger partial charge in [0.2, 0.25) is 5.91 Å². The molecule has 0 unspecified atom stereocenters. The molecule has 0 atom stereocenters. The maximum Gasteiger partial charge on any atom is 0.236 e. The zero-order valence-electron chi connectivity index (χ0n) is 9.37. The number of anilines is 1. The zero-order valence-corrected chi connectivity index (χ0v) is 9.37. The average Bonchev–Trinajstić information content (AvgIpc) is 2.40. The third-order valence-electron chi connectivity index (χ3n) is 3.13. The first kappa shape index (κ1) is 9.97. The Bertz CT molecular complexity index is 446. The van der Waals surface area contributed by atoms with Crippen LogP contribution in [0.2, 0.25) is 0 Å². The van der Waals surface area contributed by atoms with Crippen LogP contribution < -0.4 is 4.90 Å². The van der Waals surface area contributed by atoms with E-state index in [2.05, 4.69) is 6.58 Å². The highest BCUT2D eigenvalue weighted by Crippen LogP contribution is 2.41. The lowest BCUT2D eigenvalue weighted by atomic mass is 9.85. The van der Waals surface area contributed by atoms with Gasteiger partial charge in [0.15, 0.2) is 0 Å². The minimum Gasteiger partial charge on any atom is -0.314 e. The van der Waals surface area contributed by atoms with Crippen LogP contribution in [0.3, 0.4) is 0 Å². The second kappa shape index (κ2) is 2.96. The van der Waals surface area contributed by atoms with Crippen LogP contribution in [-0.2, 0) is 10.2 Å². The van der Waals surface area contributed by atoms with E-state index in [4.69, 9.17) is 0 Å². The number of amides is 1. The summed E-state index contributed by atoms with van der Waals surface area (Å²) in [4.78, 5) is 13.7. The van der Waals surface area contributed by atoms with Gasteiger partial charge in [-0.3, -0.25) is 4.79 Å². The van der Waals surface area contributed by atoms with E-state index in [1.165, 1.54) is 0 Å². The van der Waals surface area contributed by atoms with Crippen molar-refractivity contribution < 1.29 is 4.79 Å². The average molecular weight is 201 g/mol. The number of likely N-dealkylation sites (N-methyl/N-ethyl adjacent to an activating group) is 1. The molecule has 2 rings (SSSR count). The molecule has 0 fully saturated rings. The number of carbonyl (C=O) groups excluding carboxylic acids is 1. The van der Waals surface area contributed by atoms with E-state index in [0.717, 1.165) is 16.8 Å². The van der Waals surface area contributed by atoms with Crippen molar-refractivity contribution in [1.82, 2.24) is 0 Å². The van der Waals surface area contributed by atoms with E-state index in [9.17, 15) is 4.79 Å². The molecule has 0 saturated carbocycles. The summed E-state index contributed by atoms with van der Waals surface area (Å²) < 4.78 is 0. The maximum absolute atomic E-state index is 12.0. The lowest BCUT2D eigenvalue weighted by Gasteiger charge is -2.16. The molecule has 0 N–H and O–H groups in total. The van der Waals surface area contributed by atoms with Crippen LogP contribution in [0, 0.1) is 0 Å². The molecule has 0 bridgehead atoms. The lowest BCUT2D eigenvalue weighted by molar-refractivity contribution is -0.121. The molecular weight excluding hydrogens is 186 g/mol. The molecule has 2 heteroatoms. The Morgan fingerprint density at radius 1 is 1.40 bits per heavy atom. The van der Waals surface area contributed by atoms with Crippen LogP contribution in [0.15, 0.2) is 24.8 Å². The zero-order chi connectivity index (χ0) is 11.2. The van der Waals surface area contributed by atoms with E-state index in [1.807, 2.05) is 39.1 Å². The summed E-state index contributed by atoms with van der Waals surface area (Å²) in [5.41, 5.74) is 2.75. The van der Waals surface area contributed by atoms with Crippen LogP contribution in [0.1, 0.15) is 25.0 Å². The molecule has 0 saturated heterocycles. The third-order valence-corrected chi connectivity index (χ3v) is 3.13. The summed E-state index contributed by atoms with van der Waals surface area (Å²) >= 11 is 0. The second-order valence-corrected chi connectivity index (χ2v) is 4.47. The van der Waals surface area contributed by atoms with Crippen molar-refractivity contribution in [2.45, 2.75) is 19.3 Å². The van der Waals surface area contributed by atoms with Crippen molar-refractivity contribution in [2.75, 3.05) is 11.9 Å². The third kappa shape index (κ3) is 1.21. The topological polar surface area (TPSA) is 20.3 Å². The van der Waals surface area contributed by atoms with E-state index >= 15 is 0 Å². The van der Waals surface area contributed by atoms with Crippen LogP contribution in [0.4, 0.5) is 5.69 Å². The Balaban J connectivity index is 2.67. The number of carbonyl (C=O) groups is 1. The smallest absolute Gasteiger partial charge is 0.236 e.